The maximum absolute atomic E-state index is 9.27. The van der Waals surface area contributed by atoms with Gasteiger partial charge in [0.15, 0.2) is 0 Å². The van der Waals surface area contributed by atoms with Crippen LogP contribution in [-0.2, 0) is 6.54 Å². The molecule has 1 fully saturated rings. The normalized spacial score (nSPS) is 18.1. The highest BCUT2D eigenvalue weighted by Gasteiger charge is 2.23. The minimum atomic E-state index is 0.220. The molecular weight excluding hydrogens is 238 g/mol. The number of aliphatic hydroxyl groups excluding tert-OH is 1. The maximum Gasteiger partial charge on any atom is 0.0558 e. The van der Waals surface area contributed by atoms with E-state index in [0.717, 1.165) is 31.9 Å². The van der Waals surface area contributed by atoms with Crippen LogP contribution in [0.2, 0.25) is 0 Å². The van der Waals surface area contributed by atoms with E-state index >= 15 is 0 Å². The molecule has 1 saturated heterocycles. The predicted octanol–water partition coefficient (Wildman–Crippen LogP) is 1.28. The summed E-state index contributed by atoms with van der Waals surface area (Å²) < 4.78 is 0. The van der Waals surface area contributed by atoms with Crippen molar-refractivity contribution in [3.63, 3.8) is 0 Å². The van der Waals surface area contributed by atoms with Crippen LogP contribution in [0.1, 0.15) is 24.1 Å². The third-order valence-electron chi connectivity index (χ3n) is 3.93. The molecule has 0 unspecified atom stereocenters. The minimum absolute atomic E-state index is 0.220. The summed E-state index contributed by atoms with van der Waals surface area (Å²) in [4.78, 5) is 9.23. The molecule has 0 spiro atoms. The van der Waals surface area contributed by atoms with Gasteiger partial charge in [0, 0.05) is 25.3 Å². The third-order valence-corrected chi connectivity index (χ3v) is 3.93. The lowest BCUT2D eigenvalue weighted by Crippen LogP contribution is -2.44. The quantitative estimate of drug-likeness (QED) is 0.868. The van der Waals surface area contributed by atoms with Gasteiger partial charge in [0.2, 0.25) is 0 Å². The first-order valence-electron chi connectivity index (χ1n) is 7.14. The smallest absolute Gasteiger partial charge is 0.0558 e. The molecule has 0 bridgehead atoms. The largest absolute Gasteiger partial charge is 0.395 e. The first-order chi connectivity index (χ1) is 9.19. The molecular formula is C15H25N3O. The molecule has 106 valence electrons. The Labute approximate surface area is 116 Å². The van der Waals surface area contributed by atoms with Crippen molar-refractivity contribution in [3.05, 3.63) is 29.6 Å². The van der Waals surface area contributed by atoms with Crippen LogP contribution in [0, 0.1) is 6.92 Å². The average Bonchev–Trinajstić information content (AvgIpc) is 2.42. The summed E-state index contributed by atoms with van der Waals surface area (Å²) in [5, 5.41) is 9.27. The van der Waals surface area contributed by atoms with Gasteiger partial charge in [-0.05, 0) is 51.5 Å². The van der Waals surface area contributed by atoms with E-state index in [4.69, 9.17) is 0 Å². The lowest BCUT2D eigenvalue weighted by molar-refractivity contribution is 0.0931. The molecule has 0 aromatic carbocycles. The summed E-state index contributed by atoms with van der Waals surface area (Å²) in [6.45, 7) is 6.15. The molecule has 19 heavy (non-hydrogen) atoms. The fourth-order valence-corrected chi connectivity index (χ4v) is 2.68. The lowest BCUT2D eigenvalue weighted by atomic mass is 10.0. The number of aliphatic hydroxyl groups is 1. The first kappa shape index (κ1) is 14.4. The van der Waals surface area contributed by atoms with E-state index in [0.29, 0.717) is 6.04 Å². The van der Waals surface area contributed by atoms with Gasteiger partial charge in [-0.25, -0.2) is 0 Å². The number of pyridine rings is 1. The Kier molecular flexibility index (Phi) is 5.31. The number of aromatic nitrogens is 1. The number of hydrogen-bond acceptors (Lipinski definition) is 4. The standard InChI is InChI=1S/C15H25N3O/c1-13-3-4-14(16-11-13)12-18(9-10-19)15-5-7-17(2)8-6-15/h3-4,11,15,19H,5-10,12H2,1-2H3. The Balaban J connectivity index is 1.97. The summed E-state index contributed by atoms with van der Waals surface area (Å²) in [6.07, 6.45) is 4.28. The molecule has 1 aliphatic heterocycles. The molecule has 0 amide bonds. The average molecular weight is 263 g/mol. The van der Waals surface area contributed by atoms with Crippen LogP contribution >= 0.6 is 0 Å². The molecule has 4 heteroatoms. The number of likely N-dealkylation sites (tertiary alicyclic amines) is 1. The van der Waals surface area contributed by atoms with Crippen molar-refractivity contribution >= 4 is 0 Å². The zero-order valence-electron chi connectivity index (χ0n) is 12.0. The molecule has 4 nitrogen and oxygen atoms in total. The molecule has 0 radical (unpaired) electrons. The fraction of sp³-hybridized carbons (Fsp3) is 0.667. The topological polar surface area (TPSA) is 39.6 Å². The SMILES string of the molecule is Cc1ccc(CN(CCO)C2CCN(C)CC2)nc1. The molecule has 1 aliphatic rings. The van der Waals surface area contributed by atoms with Crippen molar-refractivity contribution < 1.29 is 5.11 Å². The van der Waals surface area contributed by atoms with E-state index in [1.807, 2.05) is 6.20 Å². The zero-order chi connectivity index (χ0) is 13.7. The summed E-state index contributed by atoms with van der Waals surface area (Å²) >= 11 is 0. The van der Waals surface area contributed by atoms with Gasteiger partial charge < -0.3 is 10.0 Å². The van der Waals surface area contributed by atoms with E-state index in [1.54, 1.807) is 0 Å². The molecule has 1 N–H and O–H groups in total. The predicted molar refractivity (Wildman–Crippen MR) is 77.0 cm³/mol. The van der Waals surface area contributed by atoms with Crippen LogP contribution in [0.15, 0.2) is 18.3 Å². The molecule has 2 rings (SSSR count). The maximum atomic E-state index is 9.27. The molecule has 2 heterocycles. The first-order valence-corrected chi connectivity index (χ1v) is 7.14. The van der Waals surface area contributed by atoms with Crippen molar-refractivity contribution in [2.75, 3.05) is 33.3 Å². The molecule has 1 aromatic rings. The van der Waals surface area contributed by atoms with Crippen LogP contribution in [0.3, 0.4) is 0 Å². The number of nitrogens with zero attached hydrogens (tertiary/aromatic N) is 3. The second-order valence-electron chi connectivity index (χ2n) is 5.56. The number of rotatable bonds is 5. The molecule has 0 saturated carbocycles. The van der Waals surface area contributed by atoms with Gasteiger partial charge in [-0.3, -0.25) is 9.88 Å². The fourth-order valence-electron chi connectivity index (χ4n) is 2.68. The van der Waals surface area contributed by atoms with E-state index < -0.39 is 0 Å². The number of aryl methyl sites for hydroxylation is 1. The highest BCUT2D eigenvalue weighted by Crippen LogP contribution is 2.17. The van der Waals surface area contributed by atoms with Crippen molar-refractivity contribution in [2.45, 2.75) is 32.4 Å². The minimum Gasteiger partial charge on any atom is -0.395 e. The second kappa shape index (κ2) is 6.98. The lowest BCUT2D eigenvalue weighted by Gasteiger charge is -2.36. The van der Waals surface area contributed by atoms with Crippen LogP contribution in [0.5, 0.6) is 0 Å². The molecule has 0 aliphatic carbocycles. The summed E-state index contributed by atoms with van der Waals surface area (Å²) in [6, 6.07) is 4.77. The van der Waals surface area contributed by atoms with Crippen LogP contribution in [0.25, 0.3) is 0 Å². The van der Waals surface area contributed by atoms with Gasteiger partial charge in [0.1, 0.15) is 0 Å². The molecule has 1 aromatic heterocycles. The Morgan fingerprint density at radius 2 is 2.11 bits per heavy atom. The van der Waals surface area contributed by atoms with E-state index in [1.165, 1.54) is 18.4 Å². The Morgan fingerprint density at radius 3 is 2.68 bits per heavy atom. The summed E-state index contributed by atoms with van der Waals surface area (Å²) in [7, 11) is 2.17. The van der Waals surface area contributed by atoms with Gasteiger partial charge in [-0.2, -0.15) is 0 Å². The van der Waals surface area contributed by atoms with Crippen LogP contribution in [-0.4, -0.2) is 59.2 Å². The summed E-state index contributed by atoms with van der Waals surface area (Å²) in [5.74, 6) is 0. The monoisotopic (exact) mass is 263 g/mol. The zero-order valence-corrected chi connectivity index (χ0v) is 12.0. The highest BCUT2D eigenvalue weighted by atomic mass is 16.3. The van der Waals surface area contributed by atoms with Gasteiger partial charge in [-0.15, -0.1) is 0 Å². The van der Waals surface area contributed by atoms with Crippen molar-refractivity contribution in [1.82, 2.24) is 14.8 Å². The number of piperidine rings is 1. The van der Waals surface area contributed by atoms with E-state index in [9.17, 15) is 5.11 Å². The number of hydrogen-bond donors (Lipinski definition) is 1. The van der Waals surface area contributed by atoms with Gasteiger partial charge in [0.05, 0.1) is 12.3 Å². The second-order valence-corrected chi connectivity index (χ2v) is 5.56. The van der Waals surface area contributed by atoms with Gasteiger partial charge in [-0.1, -0.05) is 6.07 Å². The summed E-state index contributed by atoms with van der Waals surface area (Å²) in [5.41, 5.74) is 2.29. The van der Waals surface area contributed by atoms with Gasteiger partial charge >= 0.3 is 0 Å². The highest BCUT2D eigenvalue weighted by molar-refractivity contribution is 5.12. The van der Waals surface area contributed by atoms with Crippen LogP contribution in [0.4, 0.5) is 0 Å². The Bertz CT molecular complexity index is 371. The molecule has 0 atom stereocenters. The Morgan fingerprint density at radius 1 is 1.37 bits per heavy atom. The van der Waals surface area contributed by atoms with E-state index in [-0.39, 0.29) is 6.61 Å². The van der Waals surface area contributed by atoms with Crippen molar-refractivity contribution in [1.29, 1.82) is 0 Å². The third kappa shape index (κ3) is 4.27. The Hall–Kier alpha value is -0.970. The van der Waals surface area contributed by atoms with Gasteiger partial charge in [0.25, 0.3) is 0 Å². The van der Waals surface area contributed by atoms with E-state index in [2.05, 4.69) is 40.9 Å². The van der Waals surface area contributed by atoms with Crippen molar-refractivity contribution in [2.24, 2.45) is 0 Å². The van der Waals surface area contributed by atoms with Crippen molar-refractivity contribution in [3.8, 4) is 0 Å². The van der Waals surface area contributed by atoms with Crippen LogP contribution < -0.4 is 0 Å².